The molecule has 1 N–H and O–H groups in total. The van der Waals surface area contributed by atoms with Crippen LogP contribution < -0.4 is 0 Å². The zero-order valence-corrected chi connectivity index (χ0v) is 12.2. The van der Waals surface area contributed by atoms with Gasteiger partial charge in [0.25, 0.3) is 0 Å². The van der Waals surface area contributed by atoms with Crippen LogP contribution in [0.4, 0.5) is 0 Å². The van der Waals surface area contributed by atoms with E-state index >= 15 is 0 Å². The number of hydrogen-bond donors (Lipinski definition) is 1. The molecule has 1 aliphatic heterocycles. The topological polar surface area (TPSA) is 57.6 Å². The summed E-state index contributed by atoms with van der Waals surface area (Å²) in [5.74, 6) is -0.410. The first kappa shape index (κ1) is 14.9. The number of carbonyl (C=O) groups is 2. The summed E-state index contributed by atoms with van der Waals surface area (Å²) in [5.41, 5.74) is 0.261. The summed E-state index contributed by atoms with van der Waals surface area (Å²) >= 11 is 1.41. The lowest BCUT2D eigenvalue weighted by Gasteiger charge is -2.19. The fourth-order valence-corrected chi connectivity index (χ4v) is 3.13. The molecular formula is C15H19NO3S. The van der Waals surface area contributed by atoms with Crippen LogP contribution in [0.3, 0.4) is 0 Å². The molecule has 2 rings (SSSR count). The van der Waals surface area contributed by atoms with Crippen LogP contribution in [0.25, 0.3) is 0 Å². The van der Waals surface area contributed by atoms with Crippen LogP contribution in [-0.4, -0.2) is 40.7 Å². The first-order valence-electron chi connectivity index (χ1n) is 6.91. The van der Waals surface area contributed by atoms with Gasteiger partial charge in [-0.3, -0.25) is 4.79 Å². The van der Waals surface area contributed by atoms with Crippen LogP contribution in [0.5, 0.6) is 0 Å². The van der Waals surface area contributed by atoms with Crippen molar-refractivity contribution in [2.75, 3.05) is 18.8 Å². The van der Waals surface area contributed by atoms with E-state index in [1.54, 1.807) is 18.2 Å². The zero-order valence-electron chi connectivity index (χ0n) is 11.4. The second kappa shape index (κ2) is 7.33. The van der Waals surface area contributed by atoms with Gasteiger partial charge in [0.05, 0.1) is 11.3 Å². The maximum absolute atomic E-state index is 12.1. The lowest BCUT2D eigenvalue weighted by molar-refractivity contribution is -0.128. The van der Waals surface area contributed by atoms with Gasteiger partial charge < -0.3 is 10.0 Å². The summed E-state index contributed by atoms with van der Waals surface area (Å²) in [6, 6.07) is 6.72. The second-order valence-electron chi connectivity index (χ2n) is 4.92. The summed E-state index contributed by atoms with van der Waals surface area (Å²) in [4.78, 5) is 25.8. The Kier molecular flexibility index (Phi) is 5.47. The third-order valence-corrected chi connectivity index (χ3v) is 4.38. The van der Waals surface area contributed by atoms with Gasteiger partial charge in [-0.05, 0) is 31.0 Å². The van der Waals surface area contributed by atoms with E-state index in [0.717, 1.165) is 30.8 Å². The Hall–Kier alpha value is -1.49. The standard InChI is InChI=1S/C15H19NO3S/c17-14(16-8-3-1-2-4-9-16)11-20-13-7-5-6-12(10-13)15(18)19/h5-7,10H,1-4,8-9,11H2,(H,18,19). The van der Waals surface area contributed by atoms with Crippen LogP contribution in [0.1, 0.15) is 36.0 Å². The van der Waals surface area contributed by atoms with E-state index in [0.29, 0.717) is 5.75 Å². The van der Waals surface area contributed by atoms with E-state index in [-0.39, 0.29) is 11.5 Å². The normalized spacial score (nSPS) is 15.7. The van der Waals surface area contributed by atoms with Crippen LogP contribution in [0, 0.1) is 0 Å². The molecule has 0 aromatic heterocycles. The predicted octanol–water partition coefficient (Wildman–Crippen LogP) is 2.88. The molecule has 0 unspecified atom stereocenters. The van der Waals surface area contributed by atoms with Gasteiger partial charge in [0.2, 0.25) is 5.91 Å². The van der Waals surface area contributed by atoms with E-state index in [1.165, 1.54) is 24.6 Å². The molecule has 5 heteroatoms. The molecule has 1 aliphatic rings. The Labute approximate surface area is 123 Å². The number of nitrogens with zero attached hydrogens (tertiary/aromatic N) is 1. The van der Waals surface area contributed by atoms with Gasteiger partial charge in [-0.1, -0.05) is 18.9 Å². The van der Waals surface area contributed by atoms with Crippen molar-refractivity contribution in [3.63, 3.8) is 0 Å². The van der Waals surface area contributed by atoms with Gasteiger partial charge >= 0.3 is 5.97 Å². The smallest absolute Gasteiger partial charge is 0.335 e. The number of hydrogen-bond acceptors (Lipinski definition) is 3. The average Bonchev–Trinajstić information content (AvgIpc) is 2.74. The lowest BCUT2D eigenvalue weighted by Crippen LogP contribution is -2.33. The molecule has 108 valence electrons. The third-order valence-electron chi connectivity index (χ3n) is 3.40. The minimum atomic E-state index is -0.939. The van der Waals surface area contributed by atoms with Crippen molar-refractivity contribution in [3.8, 4) is 0 Å². The molecule has 0 radical (unpaired) electrons. The number of carboxylic acids is 1. The van der Waals surface area contributed by atoms with Gasteiger partial charge in [0, 0.05) is 18.0 Å². The predicted molar refractivity (Wildman–Crippen MR) is 79.2 cm³/mol. The monoisotopic (exact) mass is 293 g/mol. The number of benzene rings is 1. The fourth-order valence-electron chi connectivity index (χ4n) is 2.28. The van der Waals surface area contributed by atoms with E-state index in [4.69, 9.17) is 5.11 Å². The van der Waals surface area contributed by atoms with Crippen molar-refractivity contribution in [2.45, 2.75) is 30.6 Å². The quantitative estimate of drug-likeness (QED) is 0.867. The molecule has 20 heavy (non-hydrogen) atoms. The minimum Gasteiger partial charge on any atom is -0.478 e. The number of likely N-dealkylation sites (tertiary alicyclic amines) is 1. The average molecular weight is 293 g/mol. The van der Waals surface area contributed by atoms with Gasteiger partial charge in [0.15, 0.2) is 0 Å². The lowest BCUT2D eigenvalue weighted by atomic mass is 10.2. The highest BCUT2D eigenvalue weighted by molar-refractivity contribution is 8.00. The molecule has 0 atom stereocenters. The molecule has 1 fully saturated rings. The Morgan fingerprint density at radius 1 is 1.15 bits per heavy atom. The summed E-state index contributed by atoms with van der Waals surface area (Å²) in [6.45, 7) is 1.71. The number of thioether (sulfide) groups is 1. The molecular weight excluding hydrogens is 274 g/mol. The van der Waals surface area contributed by atoms with E-state index in [1.807, 2.05) is 11.0 Å². The Morgan fingerprint density at radius 3 is 2.50 bits per heavy atom. The number of carbonyl (C=O) groups excluding carboxylic acids is 1. The van der Waals surface area contributed by atoms with Crippen molar-refractivity contribution in [1.29, 1.82) is 0 Å². The Balaban J connectivity index is 1.89. The molecule has 4 nitrogen and oxygen atoms in total. The van der Waals surface area contributed by atoms with Gasteiger partial charge in [0.1, 0.15) is 0 Å². The van der Waals surface area contributed by atoms with Crippen LogP contribution in [0.2, 0.25) is 0 Å². The largest absolute Gasteiger partial charge is 0.478 e. The van der Waals surface area contributed by atoms with Crippen LogP contribution in [-0.2, 0) is 4.79 Å². The summed E-state index contributed by atoms with van der Waals surface area (Å²) in [6.07, 6.45) is 4.59. The van der Waals surface area contributed by atoms with Crippen LogP contribution in [0.15, 0.2) is 29.2 Å². The SMILES string of the molecule is O=C(O)c1cccc(SCC(=O)N2CCCCCC2)c1. The number of rotatable bonds is 4. The van der Waals surface area contributed by atoms with E-state index < -0.39 is 5.97 Å². The van der Waals surface area contributed by atoms with Crippen molar-refractivity contribution in [1.82, 2.24) is 4.90 Å². The van der Waals surface area contributed by atoms with E-state index in [9.17, 15) is 9.59 Å². The van der Waals surface area contributed by atoms with Crippen molar-refractivity contribution in [3.05, 3.63) is 29.8 Å². The maximum atomic E-state index is 12.1. The molecule has 1 aromatic carbocycles. The molecule has 0 bridgehead atoms. The number of carboxylic acid groups (broad SMARTS) is 1. The second-order valence-corrected chi connectivity index (χ2v) is 5.97. The van der Waals surface area contributed by atoms with Crippen molar-refractivity contribution >= 4 is 23.6 Å². The van der Waals surface area contributed by atoms with E-state index in [2.05, 4.69) is 0 Å². The van der Waals surface area contributed by atoms with Gasteiger partial charge in [-0.2, -0.15) is 0 Å². The first-order valence-corrected chi connectivity index (χ1v) is 7.89. The molecule has 0 saturated carbocycles. The molecule has 0 spiro atoms. The van der Waals surface area contributed by atoms with Crippen molar-refractivity contribution in [2.24, 2.45) is 0 Å². The highest BCUT2D eigenvalue weighted by Crippen LogP contribution is 2.20. The number of aromatic carboxylic acids is 1. The highest BCUT2D eigenvalue weighted by atomic mass is 32.2. The summed E-state index contributed by atoms with van der Waals surface area (Å²) < 4.78 is 0. The fraction of sp³-hybridized carbons (Fsp3) is 0.467. The molecule has 1 amide bonds. The third kappa shape index (κ3) is 4.27. The molecule has 1 heterocycles. The zero-order chi connectivity index (χ0) is 14.4. The van der Waals surface area contributed by atoms with Gasteiger partial charge in [-0.15, -0.1) is 11.8 Å². The van der Waals surface area contributed by atoms with Crippen molar-refractivity contribution < 1.29 is 14.7 Å². The van der Waals surface area contributed by atoms with Gasteiger partial charge in [-0.25, -0.2) is 4.79 Å². The Bertz CT molecular complexity index is 482. The maximum Gasteiger partial charge on any atom is 0.335 e. The summed E-state index contributed by atoms with van der Waals surface area (Å²) in [5, 5.41) is 8.94. The first-order chi connectivity index (χ1) is 9.66. The minimum absolute atomic E-state index is 0.151. The molecule has 0 aliphatic carbocycles. The van der Waals surface area contributed by atoms with Crippen LogP contribution >= 0.6 is 11.8 Å². The Morgan fingerprint density at radius 2 is 1.85 bits per heavy atom. The molecule has 1 saturated heterocycles. The highest BCUT2D eigenvalue weighted by Gasteiger charge is 2.15. The molecule has 1 aromatic rings. The number of amides is 1. The summed E-state index contributed by atoms with van der Waals surface area (Å²) in [7, 11) is 0.